The summed E-state index contributed by atoms with van der Waals surface area (Å²) in [7, 11) is 0. The Balaban J connectivity index is 1.65. The number of thiazole rings is 1. The molecule has 3 aromatic carbocycles. The average Bonchev–Trinajstić information content (AvgIpc) is 3.49. The van der Waals surface area contributed by atoms with Crippen molar-refractivity contribution in [3.05, 3.63) is 132 Å². The summed E-state index contributed by atoms with van der Waals surface area (Å²) >= 11 is 7.49. The van der Waals surface area contributed by atoms with Gasteiger partial charge in [-0.25, -0.2) is 9.79 Å². The lowest BCUT2D eigenvalue weighted by Gasteiger charge is -2.25. The summed E-state index contributed by atoms with van der Waals surface area (Å²) < 4.78 is 7.61. The maximum atomic E-state index is 14.0. The van der Waals surface area contributed by atoms with Crippen LogP contribution in [0.3, 0.4) is 0 Å². The van der Waals surface area contributed by atoms with E-state index in [1.807, 2.05) is 79.0 Å². The lowest BCUT2D eigenvalue weighted by Crippen LogP contribution is -2.40. The number of benzene rings is 3. The molecular weight excluding hydrogens is 518 g/mol. The molecule has 0 bridgehead atoms. The number of aromatic nitrogens is 2. The summed E-state index contributed by atoms with van der Waals surface area (Å²) in [6, 6.07) is 23.9. The molecule has 8 heteroatoms. The van der Waals surface area contributed by atoms with Crippen molar-refractivity contribution in [1.82, 2.24) is 9.55 Å². The van der Waals surface area contributed by atoms with Crippen LogP contribution in [0.15, 0.2) is 100 Å². The monoisotopic (exact) mass is 539 g/mol. The van der Waals surface area contributed by atoms with E-state index in [0.717, 1.165) is 27.6 Å². The highest BCUT2D eigenvalue weighted by atomic mass is 35.5. The average molecular weight is 540 g/mol. The molecule has 1 aliphatic heterocycles. The molecule has 0 aliphatic carbocycles. The van der Waals surface area contributed by atoms with E-state index in [0.29, 0.717) is 25.6 Å². The van der Waals surface area contributed by atoms with Crippen molar-refractivity contribution >= 4 is 51.6 Å². The SMILES string of the molecule is CCOC(=O)C1=C(c2ccccc2)N=c2s/c(=C\c3c[nH]c4ccccc34)c(=O)n2[C@H]1c1ccc(Cl)cc1. The van der Waals surface area contributed by atoms with Gasteiger partial charge in [0.1, 0.15) is 0 Å². The van der Waals surface area contributed by atoms with Crippen molar-refractivity contribution in [2.24, 2.45) is 4.99 Å². The Kier molecular flexibility index (Phi) is 6.31. The van der Waals surface area contributed by atoms with Crippen LogP contribution in [0.4, 0.5) is 0 Å². The summed E-state index contributed by atoms with van der Waals surface area (Å²) in [6.45, 7) is 1.96. The normalized spacial score (nSPS) is 15.4. The van der Waals surface area contributed by atoms with Crippen molar-refractivity contribution in [2.75, 3.05) is 6.61 Å². The molecule has 2 aromatic heterocycles. The first-order valence-corrected chi connectivity index (χ1v) is 13.3. The summed E-state index contributed by atoms with van der Waals surface area (Å²) in [6.07, 6.45) is 3.76. The number of esters is 1. The minimum Gasteiger partial charge on any atom is -0.463 e. The molecule has 0 spiro atoms. The topological polar surface area (TPSA) is 76.4 Å². The van der Waals surface area contributed by atoms with Crippen LogP contribution in [0.25, 0.3) is 22.7 Å². The fourth-order valence-corrected chi connectivity index (χ4v) is 5.87. The number of ether oxygens (including phenoxy) is 1. The Bertz CT molecular complexity index is 1880. The van der Waals surface area contributed by atoms with Gasteiger partial charge in [0, 0.05) is 33.2 Å². The van der Waals surface area contributed by atoms with Crippen LogP contribution < -0.4 is 14.9 Å². The van der Waals surface area contributed by atoms with E-state index in [1.54, 1.807) is 23.6 Å². The highest BCUT2D eigenvalue weighted by Crippen LogP contribution is 2.35. The lowest BCUT2D eigenvalue weighted by molar-refractivity contribution is -0.138. The molecule has 6 nitrogen and oxygen atoms in total. The number of aromatic amines is 1. The third-order valence-corrected chi connectivity index (χ3v) is 7.70. The number of hydrogen-bond donors (Lipinski definition) is 1. The van der Waals surface area contributed by atoms with Gasteiger partial charge >= 0.3 is 5.97 Å². The zero-order valence-electron chi connectivity index (χ0n) is 20.4. The Hall–Kier alpha value is -4.20. The summed E-state index contributed by atoms with van der Waals surface area (Å²) in [4.78, 5) is 36.1. The molecule has 6 rings (SSSR count). The number of nitrogens with zero attached hydrogens (tertiary/aromatic N) is 2. The van der Waals surface area contributed by atoms with E-state index in [4.69, 9.17) is 21.3 Å². The van der Waals surface area contributed by atoms with Gasteiger partial charge in [-0.3, -0.25) is 9.36 Å². The van der Waals surface area contributed by atoms with Crippen LogP contribution in [-0.2, 0) is 9.53 Å². The van der Waals surface area contributed by atoms with Gasteiger partial charge in [-0.1, -0.05) is 83.6 Å². The number of halogens is 1. The van der Waals surface area contributed by atoms with Crippen molar-refractivity contribution in [3.8, 4) is 0 Å². The van der Waals surface area contributed by atoms with E-state index in [1.165, 1.54) is 11.3 Å². The summed E-state index contributed by atoms with van der Waals surface area (Å²) in [5.41, 5.74) is 3.97. The van der Waals surface area contributed by atoms with Crippen LogP contribution >= 0.6 is 22.9 Å². The van der Waals surface area contributed by atoms with Crippen LogP contribution in [0.5, 0.6) is 0 Å². The molecule has 3 heterocycles. The van der Waals surface area contributed by atoms with E-state index >= 15 is 0 Å². The van der Waals surface area contributed by atoms with Gasteiger partial charge in [0.15, 0.2) is 4.80 Å². The van der Waals surface area contributed by atoms with Crippen LogP contribution in [-0.4, -0.2) is 22.1 Å². The van der Waals surface area contributed by atoms with Crippen molar-refractivity contribution in [3.63, 3.8) is 0 Å². The molecule has 1 aliphatic rings. The number of carbonyl (C=O) groups is 1. The molecular formula is C30H22ClN3O3S. The number of carbonyl (C=O) groups excluding carboxylic acids is 1. The number of rotatable bonds is 5. The smallest absolute Gasteiger partial charge is 0.338 e. The first kappa shape index (κ1) is 24.2. The molecule has 1 N–H and O–H groups in total. The predicted molar refractivity (Wildman–Crippen MR) is 151 cm³/mol. The largest absolute Gasteiger partial charge is 0.463 e. The van der Waals surface area contributed by atoms with Crippen LogP contribution in [0.1, 0.15) is 29.7 Å². The third kappa shape index (κ3) is 4.20. The summed E-state index contributed by atoms with van der Waals surface area (Å²) in [5, 5.41) is 1.58. The first-order chi connectivity index (χ1) is 18.5. The first-order valence-electron chi connectivity index (χ1n) is 12.1. The van der Waals surface area contributed by atoms with Gasteiger partial charge in [-0.15, -0.1) is 0 Å². The molecule has 0 fully saturated rings. The highest BCUT2D eigenvalue weighted by molar-refractivity contribution is 7.07. The maximum Gasteiger partial charge on any atom is 0.338 e. The predicted octanol–water partition coefficient (Wildman–Crippen LogP) is 5.07. The number of para-hydroxylation sites is 1. The minimum atomic E-state index is -0.733. The molecule has 0 saturated carbocycles. The highest BCUT2D eigenvalue weighted by Gasteiger charge is 2.35. The molecule has 0 radical (unpaired) electrons. The molecule has 5 aromatic rings. The van der Waals surface area contributed by atoms with Crippen LogP contribution in [0, 0.1) is 0 Å². The Morgan fingerprint density at radius 1 is 1.08 bits per heavy atom. The Labute approximate surface area is 226 Å². The lowest BCUT2D eigenvalue weighted by atomic mass is 9.93. The second-order valence-electron chi connectivity index (χ2n) is 8.77. The van der Waals surface area contributed by atoms with Gasteiger partial charge in [-0.2, -0.15) is 0 Å². The number of hydrogen-bond acceptors (Lipinski definition) is 5. The van der Waals surface area contributed by atoms with Gasteiger partial charge in [0.2, 0.25) is 0 Å². The number of nitrogens with one attached hydrogen (secondary N) is 1. The van der Waals surface area contributed by atoms with Gasteiger partial charge in [0.05, 0.1) is 28.5 Å². The molecule has 0 amide bonds. The van der Waals surface area contributed by atoms with Gasteiger partial charge < -0.3 is 9.72 Å². The standard InChI is InChI=1S/C30H22ClN3O3S/c1-2-37-29(36)25-26(18-8-4-3-5-9-18)33-30-34(27(25)19-12-14-21(31)15-13-19)28(35)24(38-30)16-20-17-32-23-11-7-6-10-22(20)23/h3-17,27,32H,2H2,1H3/b24-16-/t27-/m0/s1. The number of fused-ring (bicyclic) bond motifs is 2. The van der Waals surface area contributed by atoms with E-state index < -0.39 is 12.0 Å². The fraction of sp³-hybridized carbons (Fsp3) is 0.100. The Morgan fingerprint density at radius 3 is 2.58 bits per heavy atom. The van der Waals surface area contributed by atoms with Crippen LogP contribution in [0.2, 0.25) is 5.02 Å². The van der Waals surface area contributed by atoms with Gasteiger partial charge in [0.25, 0.3) is 5.56 Å². The van der Waals surface area contributed by atoms with Crippen molar-refractivity contribution in [2.45, 2.75) is 13.0 Å². The molecule has 0 saturated heterocycles. The summed E-state index contributed by atoms with van der Waals surface area (Å²) in [5.74, 6) is -0.513. The number of H-pyrrole nitrogens is 1. The van der Waals surface area contributed by atoms with Crippen molar-refractivity contribution in [1.29, 1.82) is 0 Å². The second kappa shape index (κ2) is 9.93. The molecule has 38 heavy (non-hydrogen) atoms. The maximum absolute atomic E-state index is 14.0. The molecule has 1 atom stereocenters. The zero-order valence-corrected chi connectivity index (χ0v) is 21.9. The van der Waals surface area contributed by atoms with E-state index in [-0.39, 0.29) is 12.2 Å². The fourth-order valence-electron chi connectivity index (χ4n) is 4.76. The zero-order chi connectivity index (χ0) is 26.2. The molecule has 188 valence electrons. The quantitative estimate of drug-likeness (QED) is 0.317. The molecule has 0 unspecified atom stereocenters. The Morgan fingerprint density at radius 2 is 1.82 bits per heavy atom. The van der Waals surface area contributed by atoms with Crippen molar-refractivity contribution < 1.29 is 9.53 Å². The second-order valence-corrected chi connectivity index (χ2v) is 10.2. The van der Waals surface area contributed by atoms with Gasteiger partial charge in [-0.05, 0) is 36.8 Å². The third-order valence-electron chi connectivity index (χ3n) is 6.47. The minimum absolute atomic E-state index is 0.197. The van der Waals surface area contributed by atoms with E-state index in [2.05, 4.69) is 4.98 Å². The van der Waals surface area contributed by atoms with E-state index in [9.17, 15) is 9.59 Å².